The van der Waals surface area contributed by atoms with Crippen molar-refractivity contribution < 1.29 is 14.3 Å². The van der Waals surface area contributed by atoms with E-state index in [2.05, 4.69) is 16.0 Å². The van der Waals surface area contributed by atoms with E-state index in [0.717, 1.165) is 44.8 Å². The molecule has 1 aliphatic heterocycles. The molecule has 158 valence electrons. The van der Waals surface area contributed by atoms with Gasteiger partial charge in [-0.15, -0.1) is 0 Å². The number of amides is 1. The van der Waals surface area contributed by atoms with E-state index in [4.69, 9.17) is 14.7 Å². The molecule has 2 aromatic rings. The summed E-state index contributed by atoms with van der Waals surface area (Å²) >= 11 is 0. The molecule has 2 heterocycles. The van der Waals surface area contributed by atoms with Crippen molar-refractivity contribution >= 4 is 5.91 Å². The number of carbonyl (C=O) groups is 1. The predicted molar refractivity (Wildman–Crippen MR) is 113 cm³/mol. The van der Waals surface area contributed by atoms with Gasteiger partial charge in [-0.25, -0.2) is 0 Å². The zero-order valence-corrected chi connectivity index (χ0v) is 17.4. The number of pyridine rings is 1. The number of nitriles is 1. The fraction of sp³-hybridized carbons (Fsp3) is 0.435. The highest BCUT2D eigenvalue weighted by Crippen LogP contribution is 2.16. The first-order valence-electron chi connectivity index (χ1n) is 10.3. The Morgan fingerprint density at radius 2 is 1.93 bits per heavy atom. The van der Waals surface area contributed by atoms with E-state index < -0.39 is 6.10 Å². The van der Waals surface area contributed by atoms with Crippen LogP contribution >= 0.6 is 0 Å². The average molecular weight is 409 g/mol. The third-order valence-corrected chi connectivity index (χ3v) is 5.08. The molecule has 0 saturated carbocycles. The summed E-state index contributed by atoms with van der Waals surface area (Å²) in [5.41, 5.74) is 1.60. The summed E-state index contributed by atoms with van der Waals surface area (Å²) in [5.74, 6) is 0.519. The van der Waals surface area contributed by atoms with Gasteiger partial charge >= 0.3 is 0 Å². The van der Waals surface area contributed by atoms with Gasteiger partial charge in [0.05, 0.1) is 24.8 Å². The van der Waals surface area contributed by atoms with Crippen molar-refractivity contribution in [2.45, 2.75) is 26.0 Å². The third-order valence-electron chi connectivity index (χ3n) is 5.08. The summed E-state index contributed by atoms with van der Waals surface area (Å²) in [7, 11) is 0. The molecule has 1 saturated heterocycles. The van der Waals surface area contributed by atoms with E-state index in [0.29, 0.717) is 24.4 Å². The second-order valence-electron chi connectivity index (χ2n) is 7.32. The van der Waals surface area contributed by atoms with Gasteiger partial charge in [0.25, 0.3) is 5.91 Å². The first-order chi connectivity index (χ1) is 14.7. The van der Waals surface area contributed by atoms with Crippen molar-refractivity contribution in [3.8, 4) is 11.8 Å². The largest absolute Gasteiger partial charge is 0.481 e. The number of carbonyl (C=O) groups excluding carboxylic acids is 1. The summed E-state index contributed by atoms with van der Waals surface area (Å²) < 4.78 is 11.3. The summed E-state index contributed by atoms with van der Waals surface area (Å²) in [6, 6.07) is 12.7. The molecule has 0 N–H and O–H groups in total. The maximum absolute atomic E-state index is 13.2. The van der Waals surface area contributed by atoms with E-state index in [1.807, 2.05) is 17.0 Å². The standard InChI is InChI=1S/C23H28N4O3/c1-19(30-22-5-3-20(17-24)4-6-22)23(28)27(18-21-7-9-25-10-8-21)12-2-11-26-13-15-29-16-14-26/h3-10,19H,2,11-16,18H2,1H3. The zero-order chi connectivity index (χ0) is 21.2. The Bertz CT molecular complexity index is 830. The lowest BCUT2D eigenvalue weighted by Gasteiger charge is -2.29. The Balaban J connectivity index is 1.60. The van der Waals surface area contributed by atoms with Gasteiger partial charge in [-0.3, -0.25) is 14.7 Å². The van der Waals surface area contributed by atoms with Crippen molar-refractivity contribution in [2.75, 3.05) is 39.4 Å². The van der Waals surface area contributed by atoms with Crippen LogP contribution in [0, 0.1) is 11.3 Å². The predicted octanol–water partition coefficient (Wildman–Crippen LogP) is 2.47. The molecule has 1 fully saturated rings. The lowest BCUT2D eigenvalue weighted by atomic mass is 10.2. The van der Waals surface area contributed by atoms with E-state index in [9.17, 15) is 4.79 Å². The summed E-state index contributed by atoms with van der Waals surface area (Å²) in [4.78, 5) is 21.4. The molecule has 0 bridgehead atoms. The number of nitrogens with zero attached hydrogens (tertiary/aromatic N) is 4. The minimum atomic E-state index is -0.622. The summed E-state index contributed by atoms with van der Waals surface area (Å²) in [6.45, 7) is 7.30. The Hall–Kier alpha value is -2.95. The van der Waals surface area contributed by atoms with Crippen LogP contribution in [0.3, 0.4) is 0 Å². The number of morpholine rings is 1. The summed E-state index contributed by atoms with van der Waals surface area (Å²) in [5, 5.41) is 8.92. The molecular weight excluding hydrogens is 380 g/mol. The minimum absolute atomic E-state index is 0.0573. The van der Waals surface area contributed by atoms with Gasteiger partial charge < -0.3 is 14.4 Å². The number of ether oxygens (including phenoxy) is 2. The SMILES string of the molecule is CC(Oc1ccc(C#N)cc1)C(=O)N(CCCN1CCOCC1)Cc1ccncc1. The molecule has 0 spiro atoms. The van der Waals surface area contributed by atoms with Crippen LogP contribution in [0.4, 0.5) is 0 Å². The number of rotatable bonds is 9. The van der Waals surface area contributed by atoms with Gasteiger partial charge in [0.2, 0.25) is 0 Å². The molecule has 0 aliphatic carbocycles. The number of hydrogen-bond donors (Lipinski definition) is 0. The molecule has 1 atom stereocenters. The fourth-order valence-electron chi connectivity index (χ4n) is 3.41. The number of benzene rings is 1. The van der Waals surface area contributed by atoms with E-state index in [1.165, 1.54) is 0 Å². The number of hydrogen-bond acceptors (Lipinski definition) is 6. The van der Waals surface area contributed by atoms with Crippen molar-refractivity contribution in [1.82, 2.24) is 14.8 Å². The molecule has 1 amide bonds. The van der Waals surface area contributed by atoms with Crippen molar-refractivity contribution in [3.05, 3.63) is 59.9 Å². The van der Waals surface area contributed by atoms with Gasteiger partial charge in [-0.1, -0.05) is 0 Å². The normalized spacial score (nSPS) is 15.2. The number of aromatic nitrogens is 1. The smallest absolute Gasteiger partial charge is 0.263 e. The second kappa shape index (κ2) is 11.3. The first-order valence-corrected chi connectivity index (χ1v) is 10.3. The van der Waals surface area contributed by atoms with Crippen molar-refractivity contribution in [3.63, 3.8) is 0 Å². The van der Waals surface area contributed by atoms with Crippen LogP contribution in [0.2, 0.25) is 0 Å². The molecule has 1 aromatic carbocycles. The lowest BCUT2D eigenvalue weighted by Crippen LogP contribution is -2.42. The quantitative estimate of drug-likeness (QED) is 0.634. The molecule has 1 unspecified atom stereocenters. The molecule has 1 aliphatic rings. The van der Waals surface area contributed by atoms with E-state index in [-0.39, 0.29) is 5.91 Å². The van der Waals surface area contributed by atoms with Crippen LogP contribution in [0.15, 0.2) is 48.8 Å². The van der Waals surface area contributed by atoms with Crippen molar-refractivity contribution in [2.24, 2.45) is 0 Å². The van der Waals surface area contributed by atoms with Gasteiger partial charge in [0, 0.05) is 45.1 Å². The van der Waals surface area contributed by atoms with Gasteiger partial charge in [-0.05, 0) is 55.3 Å². The molecule has 7 heteroatoms. The van der Waals surface area contributed by atoms with Crippen LogP contribution in [-0.2, 0) is 16.1 Å². The Kier molecular flexibility index (Phi) is 8.19. The van der Waals surface area contributed by atoms with E-state index >= 15 is 0 Å². The topological polar surface area (TPSA) is 78.7 Å². The highest BCUT2D eigenvalue weighted by Gasteiger charge is 2.23. The Morgan fingerprint density at radius 3 is 2.60 bits per heavy atom. The highest BCUT2D eigenvalue weighted by atomic mass is 16.5. The second-order valence-corrected chi connectivity index (χ2v) is 7.32. The molecular formula is C23H28N4O3. The zero-order valence-electron chi connectivity index (χ0n) is 17.4. The van der Waals surface area contributed by atoms with Crippen LogP contribution in [0.1, 0.15) is 24.5 Å². The Labute approximate surface area is 177 Å². The summed E-state index contributed by atoms with van der Waals surface area (Å²) in [6.07, 6.45) is 3.74. The first kappa shape index (κ1) is 21.8. The molecule has 7 nitrogen and oxygen atoms in total. The van der Waals surface area contributed by atoms with E-state index in [1.54, 1.807) is 43.6 Å². The third kappa shape index (κ3) is 6.55. The minimum Gasteiger partial charge on any atom is -0.481 e. The molecule has 1 aromatic heterocycles. The van der Waals surface area contributed by atoms with Crippen molar-refractivity contribution in [1.29, 1.82) is 5.26 Å². The van der Waals surface area contributed by atoms with Gasteiger partial charge in [0.15, 0.2) is 6.10 Å². The van der Waals surface area contributed by atoms with Gasteiger partial charge in [-0.2, -0.15) is 5.26 Å². The monoisotopic (exact) mass is 408 g/mol. The van der Waals surface area contributed by atoms with Gasteiger partial charge in [0.1, 0.15) is 5.75 Å². The molecule has 30 heavy (non-hydrogen) atoms. The maximum Gasteiger partial charge on any atom is 0.263 e. The molecule has 0 radical (unpaired) electrons. The van der Waals surface area contributed by atoms with Crippen LogP contribution < -0.4 is 4.74 Å². The fourth-order valence-corrected chi connectivity index (χ4v) is 3.41. The average Bonchev–Trinajstić information content (AvgIpc) is 2.80. The van der Waals surface area contributed by atoms with Crippen LogP contribution in [0.5, 0.6) is 5.75 Å². The molecule has 3 rings (SSSR count). The Morgan fingerprint density at radius 1 is 1.23 bits per heavy atom. The lowest BCUT2D eigenvalue weighted by molar-refractivity contribution is -0.138. The van der Waals surface area contributed by atoms with Crippen LogP contribution in [-0.4, -0.2) is 66.2 Å². The highest BCUT2D eigenvalue weighted by molar-refractivity contribution is 5.80. The van der Waals surface area contributed by atoms with Crippen LogP contribution in [0.25, 0.3) is 0 Å². The maximum atomic E-state index is 13.2.